The van der Waals surface area contributed by atoms with Gasteiger partial charge in [0.15, 0.2) is 0 Å². The van der Waals surface area contributed by atoms with Gasteiger partial charge in [0.1, 0.15) is 5.78 Å². The smallest absolute Gasteiger partial charge is 0.299 e. The predicted octanol–water partition coefficient (Wildman–Crippen LogP) is 2.76. The summed E-state index contributed by atoms with van der Waals surface area (Å²) in [6.45, 7) is 3.18. The van der Waals surface area contributed by atoms with Gasteiger partial charge in [-0.15, -0.1) is 0 Å². The van der Waals surface area contributed by atoms with Crippen molar-refractivity contribution in [2.45, 2.75) is 38.8 Å². The molecule has 0 saturated carbocycles. The van der Waals surface area contributed by atoms with Crippen LogP contribution in [0.25, 0.3) is 0 Å². The third-order valence-electron chi connectivity index (χ3n) is 1.70. The van der Waals surface area contributed by atoms with Crippen LogP contribution in [0.1, 0.15) is 26.7 Å². The number of carbonyl (C=O) groups excluding carboxylic acids is 2. The number of Topliss-reactive ketones (excluding diaryl/α,β-unsaturated/α-hetero) is 2. The molecule has 0 spiro atoms. The third-order valence-corrected chi connectivity index (χ3v) is 1.70. The predicted molar refractivity (Wildman–Crippen MR) is 45.1 cm³/mol. The average molecular weight is 246 g/mol. The van der Waals surface area contributed by atoms with Crippen LogP contribution >= 0.6 is 0 Å². The van der Waals surface area contributed by atoms with Crippen LogP contribution < -0.4 is 0 Å². The zero-order chi connectivity index (χ0) is 13.1. The monoisotopic (exact) mass is 246 g/mol. The first-order valence-corrected chi connectivity index (χ1v) is 4.48. The van der Waals surface area contributed by atoms with Gasteiger partial charge in [0.25, 0.3) is 0 Å². The van der Waals surface area contributed by atoms with E-state index in [1.54, 1.807) is 13.8 Å². The van der Waals surface area contributed by atoms with E-state index in [9.17, 15) is 31.5 Å². The first-order valence-electron chi connectivity index (χ1n) is 4.48. The minimum absolute atomic E-state index is 0.195. The van der Waals surface area contributed by atoms with Gasteiger partial charge in [-0.3, -0.25) is 9.59 Å². The Morgan fingerprint density at radius 1 is 1.06 bits per heavy atom. The van der Waals surface area contributed by atoms with Gasteiger partial charge in [-0.2, -0.15) is 22.0 Å². The van der Waals surface area contributed by atoms with E-state index in [0.29, 0.717) is 0 Å². The van der Waals surface area contributed by atoms with Crippen LogP contribution in [0.4, 0.5) is 22.0 Å². The molecule has 0 rings (SSSR count). The van der Waals surface area contributed by atoms with Crippen molar-refractivity contribution >= 4 is 11.6 Å². The second-order valence-electron chi connectivity index (χ2n) is 3.81. The Balaban J connectivity index is 4.54. The van der Waals surface area contributed by atoms with Crippen molar-refractivity contribution in [1.29, 1.82) is 0 Å². The number of carbonyl (C=O) groups is 2. The van der Waals surface area contributed by atoms with E-state index in [4.69, 9.17) is 0 Å². The molecule has 0 aromatic carbocycles. The van der Waals surface area contributed by atoms with Gasteiger partial charge in [-0.1, -0.05) is 13.8 Å². The summed E-state index contributed by atoms with van der Waals surface area (Å²) in [5.74, 6) is -8.95. The molecular formula is C9H11F5O2. The Bertz CT molecular complexity index is 280. The molecule has 0 fully saturated rings. The summed E-state index contributed by atoms with van der Waals surface area (Å²) in [6.07, 6.45) is -7.52. The number of ketones is 2. The van der Waals surface area contributed by atoms with E-state index < -0.39 is 30.1 Å². The number of hydrogen-bond acceptors (Lipinski definition) is 2. The van der Waals surface area contributed by atoms with Gasteiger partial charge in [-0.25, -0.2) is 0 Å². The van der Waals surface area contributed by atoms with E-state index in [-0.39, 0.29) is 12.3 Å². The lowest BCUT2D eigenvalue weighted by Gasteiger charge is -2.17. The summed E-state index contributed by atoms with van der Waals surface area (Å²) >= 11 is 0. The zero-order valence-corrected chi connectivity index (χ0v) is 8.70. The average Bonchev–Trinajstić information content (AvgIpc) is 1.99. The Morgan fingerprint density at radius 2 is 1.50 bits per heavy atom. The van der Waals surface area contributed by atoms with Crippen LogP contribution in [0.5, 0.6) is 0 Å². The van der Waals surface area contributed by atoms with Gasteiger partial charge < -0.3 is 0 Å². The molecule has 94 valence electrons. The maximum atomic E-state index is 12.4. The normalized spacial score (nSPS) is 13.0. The van der Waals surface area contributed by atoms with E-state index >= 15 is 0 Å². The van der Waals surface area contributed by atoms with Crippen molar-refractivity contribution in [3.8, 4) is 0 Å². The zero-order valence-electron chi connectivity index (χ0n) is 8.70. The lowest BCUT2D eigenvalue weighted by molar-refractivity contribution is -0.268. The summed E-state index contributed by atoms with van der Waals surface area (Å²) in [5, 5.41) is 0. The quantitative estimate of drug-likeness (QED) is 0.552. The van der Waals surface area contributed by atoms with E-state index in [1.165, 1.54) is 0 Å². The van der Waals surface area contributed by atoms with E-state index in [0.717, 1.165) is 0 Å². The molecular weight excluding hydrogens is 235 g/mol. The molecule has 0 N–H and O–H groups in total. The maximum absolute atomic E-state index is 12.4. The van der Waals surface area contributed by atoms with Crippen molar-refractivity contribution in [2.24, 2.45) is 5.92 Å². The van der Waals surface area contributed by atoms with Crippen molar-refractivity contribution in [3.63, 3.8) is 0 Å². The molecule has 7 heteroatoms. The number of hydrogen-bond donors (Lipinski definition) is 0. The molecule has 0 amide bonds. The summed E-state index contributed by atoms with van der Waals surface area (Å²) in [5.41, 5.74) is 0. The Kier molecular flexibility index (Phi) is 4.57. The fourth-order valence-corrected chi connectivity index (χ4v) is 0.976. The molecule has 0 radical (unpaired) electrons. The SMILES string of the molecule is CC(C)CC(=O)CC(=O)C(F)(F)C(F)(F)F. The first kappa shape index (κ1) is 15.0. The van der Waals surface area contributed by atoms with Crippen LogP contribution in [0.3, 0.4) is 0 Å². The highest BCUT2D eigenvalue weighted by Gasteiger charge is 2.62. The Morgan fingerprint density at radius 3 is 1.81 bits per heavy atom. The van der Waals surface area contributed by atoms with Crippen LogP contribution in [-0.4, -0.2) is 23.7 Å². The van der Waals surface area contributed by atoms with E-state index in [2.05, 4.69) is 0 Å². The van der Waals surface area contributed by atoms with Gasteiger partial charge in [0.2, 0.25) is 5.78 Å². The topological polar surface area (TPSA) is 34.1 Å². The minimum Gasteiger partial charge on any atom is -0.299 e. The molecule has 2 nitrogen and oxygen atoms in total. The number of alkyl halides is 5. The van der Waals surface area contributed by atoms with Gasteiger partial charge in [0, 0.05) is 6.42 Å². The molecule has 0 aliphatic carbocycles. The lowest BCUT2D eigenvalue weighted by Crippen LogP contribution is -2.44. The summed E-state index contributed by atoms with van der Waals surface area (Å²) in [4.78, 5) is 21.5. The van der Waals surface area contributed by atoms with Gasteiger partial charge in [-0.05, 0) is 5.92 Å². The highest BCUT2D eigenvalue weighted by molar-refractivity contribution is 6.02. The summed E-state index contributed by atoms with van der Waals surface area (Å²) in [6, 6.07) is 0. The molecule has 0 unspecified atom stereocenters. The molecule has 16 heavy (non-hydrogen) atoms. The van der Waals surface area contributed by atoms with E-state index in [1.807, 2.05) is 0 Å². The minimum atomic E-state index is -5.94. The largest absolute Gasteiger partial charge is 0.461 e. The molecule has 0 saturated heterocycles. The van der Waals surface area contributed by atoms with Crippen LogP contribution in [0.15, 0.2) is 0 Å². The molecule has 0 bridgehead atoms. The highest BCUT2D eigenvalue weighted by atomic mass is 19.4. The second-order valence-corrected chi connectivity index (χ2v) is 3.81. The molecule has 0 aliphatic heterocycles. The fraction of sp³-hybridized carbons (Fsp3) is 0.778. The molecule has 0 atom stereocenters. The molecule has 0 aromatic rings. The van der Waals surface area contributed by atoms with Crippen LogP contribution in [-0.2, 0) is 9.59 Å². The summed E-state index contributed by atoms with van der Waals surface area (Å²) in [7, 11) is 0. The molecule has 0 heterocycles. The highest BCUT2D eigenvalue weighted by Crippen LogP contribution is 2.36. The molecule has 0 aromatic heterocycles. The Hall–Kier alpha value is -1.01. The standard InChI is InChI=1S/C9H11F5O2/c1-5(2)3-6(15)4-7(16)8(10,11)9(12,13)14/h5H,3-4H2,1-2H3. The maximum Gasteiger partial charge on any atom is 0.461 e. The van der Waals surface area contributed by atoms with Gasteiger partial charge in [0.05, 0.1) is 6.42 Å². The van der Waals surface area contributed by atoms with Gasteiger partial charge >= 0.3 is 12.1 Å². The van der Waals surface area contributed by atoms with Crippen molar-refractivity contribution in [2.75, 3.05) is 0 Å². The second kappa shape index (κ2) is 4.88. The first-order chi connectivity index (χ1) is 6.98. The number of halogens is 5. The number of rotatable bonds is 5. The van der Waals surface area contributed by atoms with Crippen LogP contribution in [0.2, 0.25) is 0 Å². The fourth-order valence-electron chi connectivity index (χ4n) is 0.976. The Labute approximate surface area is 88.8 Å². The van der Waals surface area contributed by atoms with Crippen molar-refractivity contribution in [1.82, 2.24) is 0 Å². The molecule has 0 aliphatic rings. The van der Waals surface area contributed by atoms with Crippen molar-refractivity contribution < 1.29 is 31.5 Å². The third kappa shape index (κ3) is 3.86. The van der Waals surface area contributed by atoms with Crippen molar-refractivity contribution in [3.05, 3.63) is 0 Å². The summed E-state index contributed by atoms with van der Waals surface area (Å²) < 4.78 is 59.9. The van der Waals surface area contributed by atoms with Crippen LogP contribution in [0, 0.1) is 5.92 Å². The lowest BCUT2D eigenvalue weighted by atomic mass is 10.0.